The predicted molar refractivity (Wildman–Crippen MR) is 69.8 cm³/mol. The summed E-state index contributed by atoms with van der Waals surface area (Å²) in [4.78, 5) is 0. The van der Waals surface area contributed by atoms with Crippen LogP contribution in [0.5, 0.6) is 11.5 Å². The second kappa shape index (κ2) is 5.59. The van der Waals surface area contributed by atoms with Gasteiger partial charge in [0.25, 0.3) is 0 Å². The van der Waals surface area contributed by atoms with Crippen LogP contribution in [0.3, 0.4) is 0 Å². The second-order valence-electron chi connectivity index (χ2n) is 4.99. The van der Waals surface area contributed by atoms with E-state index in [4.69, 9.17) is 15.2 Å². The summed E-state index contributed by atoms with van der Waals surface area (Å²) >= 11 is 0. The summed E-state index contributed by atoms with van der Waals surface area (Å²) in [5, 5.41) is 10.4. The van der Waals surface area contributed by atoms with Crippen molar-refractivity contribution in [1.82, 2.24) is 0 Å². The number of hydrogen-bond acceptors (Lipinski definition) is 4. The Balaban J connectivity index is 2.22. The lowest BCUT2D eigenvalue weighted by Crippen LogP contribution is -2.26. The largest absolute Gasteiger partial charge is 0.486 e. The van der Waals surface area contributed by atoms with E-state index < -0.39 is 6.10 Å². The molecular formula is C14H21NO3. The SMILES string of the molecule is CC(C)C(CN)C(O)c1ccc2c(c1)OCCO2. The van der Waals surface area contributed by atoms with E-state index in [-0.39, 0.29) is 5.92 Å². The van der Waals surface area contributed by atoms with E-state index in [1.165, 1.54) is 0 Å². The lowest BCUT2D eigenvalue weighted by molar-refractivity contribution is 0.0852. The number of aliphatic hydroxyl groups is 1. The van der Waals surface area contributed by atoms with Gasteiger partial charge in [0.15, 0.2) is 11.5 Å². The molecule has 3 N–H and O–H groups in total. The van der Waals surface area contributed by atoms with Crippen molar-refractivity contribution in [2.75, 3.05) is 19.8 Å². The quantitative estimate of drug-likeness (QED) is 0.855. The summed E-state index contributed by atoms with van der Waals surface area (Å²) < 4.78 is 11.0. The smallest absolute Gasteiger partial charge is 0.161 e. The molecule has 0 spiro atoms. The highest BCUT2D eigenvalue weighted by Crippen LogP contribution is 2.35. The van der Waals surface area contributed by atoms with Crippen LogP contribution in [0, 0.1) is 11.8 Å². The normalized spacial score (nSPS) is 17.6. The lowest BCUT2D eigenvalue weighted by atomic mass is 9.86. The number of aliphatic hydroxyl groups excluding tert-OH is 1. The van der Waals surface area contributed by atoms with Crippen LogP contribution < -0.4 is 15.2 Å². The Kier molecular flexibility index (Phi) is 4.09. The Labute approximate surface area is 108 Å². The monoisotopic (exact) mass is 251 g/mol. The van der Waals surface area contributed by atoms with Crippen LogP contribution in [0.1, 0.15) is 25.5 Å². The molecule has 2 atom stereocenters. The van der Waals surface area contributed by atoms with E-state index in [0.29, 0.717) is 31.4 Å². The summed E-state index contributed by atoms with van der Waals surface area (Å²) in [7, 11) is 0. The minimum atomic E-state index is -0.564. The fourth-order valence-electron chi connectivity index (χ4n) is 2.26. The molecule has 0 amide bonds. The van der Waals surface area contributed by atoms with Crippen molar-refractivity contribution in [1.29, 1.82) is 0 Å². The number of rotatable bonds is 4. The Morgan fingerprint density at radius 3 is 2.50 bits per heavy atom. The summed E-state index contributed by atoms with van der Waals surface area (Å²) in [5.41, 5.74) is 6.57. The first-order valence-electron chi connectivity index (χ1n) is 6.41. The Bertz CT molecular complexity index is 406. The van der Waals surface area contributed by atoms with Gasteiger partial charge in [-0.2, -0.15) is 0 Å². The predicted octanol–water partition coefficient (Wildman–Crippen LogP) is 1.72. The molecule has 0 fully saturated rings. The molecule has 18 heavy (non-hydrogen) atoms. The highest BCUT2D eigenvalue weighted by Gasteiger charge is 2.24. The molecule has 0 radical (unpaired) electrons. The zero-order valence-electron chi connectivity index (χ0n) is 10.9. The lowest BCUT2D eigenvalue weighted by Gasteiger charge is -2.26. The number of fused-ring (bicyclic) bond motifs is 1. The summed E-state index contributed by atoms with van der Waals surface area (Å²) in [6.45, 7) is 5.73. The van der Waals surface area contributed by atoms with Crippen molar-refractivity contribution in [3.63, 3.8) is 0 Å². The highest BCUT2D eigenvalue weighted by molar-refractivity contribution is 5.44. The van der Waals surface area contributed by atoms with E-state index in [0.717, 1.165) is 11.3 Å². The first-order chi connectivity index (χ1) is 8.63. The molecule has 1 aliphatic heterocycles. The van der Waals surface area contributed by atoms with E-state index in [1.54, 1.807) is 0 Å². The van der Waals surface area contributed by atoms with Gasteiger partial charge in [-0.25, -0.2) is 0 Å². The average molecular weight is 251 g/mol. The molecule has 0 aliphatic carbocycles. The zero-order chi connectivity index (χ0) is 13.1. The van der Waals surface area contributed by atoms with Gasteiger partial charge in [-0.3, -0.25) is 0 Å². The third-order valence-corrected chi connectivity index (χ3v) is 3.44. The van der Waals surface area contributed by atoms with Gasteiger partial charge >= 0.3 is 0 Å². The fourth-order valence-corrected chi connectivity index (χ4v) is 2.26. The minimum Gasteiger partial charge on any atom is -0.486 e. The van der Waals surface area contributed by atoms with Crippen LogP contribution in [0.25, 0.3) is 0 Å². The van der Waals surface area contributed by atoms with E-state index in [1.807, 2.05) is 18.2 Å². The first-order valence-corrected chi connectivity index (χ1v) is 6.41. The minimum absolute atomic E-state index is 0.0487. The third-order valence-electron chi connectivity index (χ3n) is 3.44. The molecule has 0 aromatic heterocycles. The van der Waals surface area contributed by atoms with Crippen LogP contribution in [0.15, 0.2) is 18.2 Å². The Morgan fingerprint density at radius 1 is 1.22 bits per heavy atom. The van der Waals surface area contributed by atoms with E-state index in [2.05, 4.69) is 13.8 Å². The first kappa shape index (κ1) is 13.2. The molecule has 1 aromatic rings. The maximum Gasteiger partial charge on any atom is 0.161 e. The molecule has 4 heteroatoms. The van der Waals surface area contributed by atoms with Gasteiger partial charge < -0.3 is 20.3 Å². The number of hydrogen-bond donors (Lipinski definition) is 2. The summed E-state index contributed by atoms with van der Waals surface area (Å²) in [5.74, 6) is 1.83. The van der Waals surface area contributed by atoms with Gasteiger partial charge in [0, 0.05) is 5.92 Å². The number of nitrogens with two attached hydrogens (primary N) is 1. The van der Waals surface area contributed by atoms with Crippen molar-refractivity contribution >= 4 is 0 Å². The zero-order valence-corrected chi connectivity index (χ0v) is 10.9. The van der Waals surface area contributed by atoms with Crippen molar-refractivity contribution < 1.29 is 14.6 Å². The fraction of sp³-hybridized carbons (Fsp3) is 0.571. The van der Waals surface area contributed by atoms with Gasteiger partial charge in [0.05, 0.1) is 6.10 Å². The van der Waals surface area contributed by atoms with Crippen LogP contribution >= 0.6 is 0 Å². The third kappa shape index (κ3) is 2.60. The van der Waals surface area contributed by atoms with Gasteiger partial charge in [-0.05, 0) is 30.2 Å². The standard InChI is InChI=1S/C14H21NO3/c1-9(2)11(8-15)14(16)10-3-4-12-13(7-10)18-6-5-17-12/h3-4,7,9,11,14,16H,5-6,8,15H2,1-2H3. The molecule has 0 saturated carbocycles. The Morgan fingerprint density at radius 2 is 1.89 bits per heavy atom. The maximum absolute atomic E-state index is 10.4. The van der Waals surface area contributed by atoms with Crippen molar-refractivity contribution in [2.24, 2.45) is 17.6 Å². The number of ether oxygens (including phenoxy) is 2. The van der Waals surface area contributed by atoms with Crippen molar-refractivity contribution in [3.05, 3.63) is 23.8 Å². The molecule has 1 heterocycles. The summed E-state index contributed by atoms with van der Waals surface area (Å²) in [6.07, 6.45) is -0.564. The molecule has 4 nitrogen and oxygen atoms in total. The van der Waals surface area contributed by atoms with Crippen LogP contribution in [-0.2, 0) is 0 Å². The maximum atomic E-state index is 10.4. The molecule has 2 unspecified atom stereocenters. The number of benzene rings is 1. The van der Waals surface area contributed by atoms with Gasteiger partial charge in [0.2, 0.25) is 0 Å². The van der Waals surface area contributed by atoms with Crippen LogP contribution in [0.4, 0.5) is 0 Å². The molecule has 2 rings (SSSR count). The average Bonchev–Trinajstić information content (AvgIpc) is 2.38. The van der Waals surface area contributed by atoms with Crippen LogP contribution in [-0.4, -0.2) is 24.9 Å². The van der Waals surface area contributed by atoms with Crippen LogP contribution in [0.2, 0.25) is 0 Å². The molecular weight excluding hydrogens is 230 g/mol. The highest BCUT2D eigenvalue weighted by atomic mass is 16.6. The Hall–Kier alpha value is -1.26. The van der Waals surface area contributed by atoms with E-state index in [9.17, 15) is 5.11 Å². The van der Waals surface area contributed by atoms with Gasteiger partial charge in [-0.1, -0.05) is 19.9 Å². The van der Waals surface area contributed by atoms with Gasteiger partial charge in [-0.15, -0.1) is 0 Å². The van der Waals surface area contributed by atoms with Crippen molar-refractivity contribution in [2.45, 2.75) is 20.0 Å². The van der Waals surface area contributed by atoms with E-state index >= 15 is 0 Å². The second-order valence-corrected chi connectivity index (χ2v) is 4.99. The molecule has 0 saturated heterocycles. The molecule has 100 valence electrons. The molecule has 0 bridgehead atoms. The van der Waals surface area contributed by atoms with Gasteiger partial charge in [0.1, 0.15) is 13.2 Å². The topological polar surface area (TPSA) is 64.7 Å². The molecule has 1 aliphatic rings. The van der Waals surface area contributed by atoms with Crippen molar-refractivity contribution in [3.8, 4) is 11.5 Å². The molecule has 1 aromatic carbocycles. The summed E-state index contributed by atoms with van der Waals surface area (Å²) in [6, 6.07) is 5.58.